The number of hydrogen-bond donors (Lipinski definition) is 2. The Bertz CT molecular complexity index is 516. The van der Waals surface area contributed by atoms with Gasteiger partial charge in [-0.05, 0) is 24.6 Å². The smallest absolute Gasteiger partial charge is 0.341 e. The Balaban J connectivity index is 2.05. The van der Waals surface area contributed by atoms with Crippen molar-refractivity contribution in [2.75, 3.05) is 6.54 Å². The first-order valence-corrected chi connectivity index (χ1v) is 5.17. The van der Waals surface area contributed by atoms with E-state index in [9.17, 15) is 13.2 Å². The van der Waals surface area contributed by atoms with E-state index in [0.717, 1.165) is 16.6 Å². The molecule has 0 saturated carbocycles. The molecule has 0 bridgehead atoms. The Hall–Kier alpha value is -1.56. The van der Waals surface area contributed by atoms with Crippen LogP contribution >= 0.6 is 0 Å². The Morgan fingerprint density at radius 3 is 2.82 bits per heavy atom. The fourth-order valence-corrected chi connectivity index (χ4v) is 1.58. The highest BCUT2D eigenvalue weighted by molar-refractivity contribution is 5.75. The van der Waals surface area contributed by atoms with Gasteiger partial charge in [0.2, 0.25) is 0 Å². The number of fused-ring (bicyclic) bond motifs is 1. The molecule has 0 spiro atoms. The first-order chi connectivity index (χ1) is 7.94. The van der Waals surface area contributed by atoms with Gasteiger partial charge >= 0.3 is 6.18 Å². The molecule has 17 heavy (non-hydrogen) atoms. The number of rotatable bonds is 3. The molecule has 3 nitrogen and oxygen atoms in total. The number of aromatic nitrogens is 2. The average Bonchev–Trinajstić information content (AvgIpc) is 2.57. The summed E-state index contributed by atoms with van der Waals surface area (Å²) in [5.41, 5.74) is 2.68. The molecule has 0 aliphatic carbocycles. The lowest BCUT2D eigenvalue weighted by Gasteiger charge is -2.05. The van der Waals surface area contributed by atoms with Crippen molar-refractivity contribution in [2.24, 2.45) is 0 Å². The Kier molecular flexibility index (Phi) is 3.06. The molecule has 0 radical (unpaired) electrons. The third-order valence-electron chi connectivity index (χ3n) is 2.30. The van der Waals surface area contributed by atoms with Gasteiger partial charge in [0.1, 0.15) is 5.82 Å². The molecule has 2 N–H and O–H groups in total. The van der Waals surface area contributed by atoms with E-state index in [0.29, 0.717) is 5.82 Å². The van der Waals surface area contributed by atoms with Crippen molar-refractivity contribution in [3.8, 4) is 0 Å². The van der Waals surface area contributed by atoms with Gasteiger partial charge in [-0.3, -0.25) is 0 Å². The lowest BCUT2D eigenvalue weighted by atomic mass is 10.2. The Labute approximate surface area is 96.0 Å². The van der Waals surface area contributed by atoms with Crippen LogP contribution in [-0.2, 0) is 6.54 Å². The first-order valence-electron chi connectivity index (χ1n) is 5.17. The van der Waals surface area contributed by atoms with Crippen LogP contribution in [0.1, 0.15) is 11.4 Å². The van der Waals surface area contributed by atoms with Crippen LogP contribution in [0.15, 0.2) is 18.2 Å². The zero-order valence-electron chi connectivity index (χ0n) is 9.23. The number of benzene rings is 1. The Morgan fingerprint density at radius 1 is 1.35 bits per heavy atom. The van der Waals surface area contributed by atoms with Gasteiger partial charge in [0.25, 0.3) is 0 Å². The van der Waals surface area contributed by atoms with Crippen LogP contribution in [0.25, 0.3) is 11.0 Å². The maximum Gasteiger partial charge on any atom is 0.401 e. The molecular formula is C11H12F3N3. The third kappa shape index (κ3) is 3.20. The van der Waals surface area contributed by atoms with Crippen molar-refractivity contribution in [1.82, 2.24) is 15.3 Å². The van der Waals surface area contributed by atoms with E-state index in [4.69, 9.17) is 0 Å². The molecule has 0 aliphatic rings. The van der Waals surface area contributed by atoms with Crippen LogP contribution in [0.5, 0.6) is 0 Å². The van der Waals surface area contributed by atoms with Gasteiger partial charge in [-0.25, -0.2) is 4.98 Å². The fourth-order valence-electron chi connectivity index (χ4n) is 1.58. The second kappa shape index (κ2) is 4.37. The van der Waals surface area contributed by atoms with Crippen molar-refractivity contribution in [3.05, 3.63) is 29.6 Å². The SMILES string of the molecule is Cc1ccc2nc(CNCC(F)(F)F)[nH]c2c1. The molecule has 2 rings (SSSR count). The minimum atomic E-state index is -4.19. The maximum atomic E-state index is 11.9. The van der Waals surface area contributed by atoms with Crippen LogP contribution in [-0.4, -0.2) is 22.7 Å². The number of hydrogen-bond acceptors (Lipinski definition) is 2. The number of aryl methyl sites for hydroxylation is 1. The van der Waals surface area contributed by atoms with Crippen LogP contribution in [0.2, 0.25) is 0 Å². The summed E-state index contributed by atoms with van der Waals surface area (Å²) in [5, 5.41) is 2.30. The van der Waals surface area contributed by atoms with E-state index in [2.05, 4.69) is 15.3 Å². The molecule has 1 aromatic carbocycles. The molecule has 0 unspecified atom stereocenters. The lowest BCUT2D eigenvalue weighted by molar-refractivity contribution is -0.125. The highest BCUT2D eigenvalue weighted by Gasteiger charge is 2.26. The molecule has 2 aromatic rings. The van der Waals surface area contributed by atoms with E-state index in [1.165, 1.54) is 0 Å². The van der Waals surface area contributed by atoms with Gasteiger partial charge in [0.15, 0.2) is 0 Å². The van der Waals surface area contributed by atoms with Crippen LogP contribution in [0.4, 0.5) is 13.2 Å². The van der Waals surface area contributed by atoms with Crippen LogP contribution in [0.3, 0.4) is 0 Å². The quantitative estimate of drug-likeness (QED) is 0.869. The van der Waals surface area contributed by atoms with Crippen molar-refractivity contribution >= 4 is 11.0 Å². The molecule has 92 valence electrons. The largest absolute Gasteiger partial charge is 0.401 e. The summed E-state index contributed by atoms with van der Waals surface area (Å²) in [6, 6.07) is 5.67. The van der Waals surface area contributed by atoms with Crippen LogP contribution < -0.4 is 5.32 Å². The van der Waals surface area contributed by atoms with Crippen LogP contribution in [0, 0.1) is 6.92 Å². The van der Waals surface area contributed by atoms with Gasteiger partial charge in [-0.2, -0.15) is 13.2 Å². The van der Waals surface area contributed by atoms with Gasteiger partial charge in [-0.15, -0.1) is 0 Å². The van der Waals surface area contributed by atoms with E-state index in [-0.39, 0.29) is 6.54 Å². The lowest BCUT2D eigenvalue weighted by Crippen LogP contribution is -2.28. The molecule has 0 fully saturated rings. The van der Waals surface area contributed by atoms with E-state index in [1.54, 1.807) is 0 Å². The maximum absolute atomic E-state index is 11.9. The zero-order valence-corrected chi connectivity index (χ0v) is 9.23. The number of alkyl halides is 3. The summed E-state index contributed by atoms with van der Waals surface area (Å²) in [7, 11) is 0. The number of aromatic amines is 1. The van der Waals surface area contributed by atoms with Crippen molar-refractivity contribution < 1.29 is 13.2 Å². The summed E-state index contributed by atoms with van der Waals surface area (Å²) < 4.78 is 35.8. The molecule has 0 saturated heterocycles. The molecular weight excluding hydrogens is 231 g/mol. The number of nitrogens with one attached hydrogen (secondary N) is 2. The summed E-state index contributed by atoms with van der Waals surface area (Å²) in [4.78, 5) is 7.17. The Morgan fingerprint density at radius 2 is 2.12 bits per heavy atom. The van der Waals surface area contributed by atoms with E-state index in [1.807, 2.05) is 25.1 Å². The van der Waals surface area contributed by atoms with Gasteiger partial charge in [-0.1, -0.05) is 6.07 Å². The monoisotopic (exact) mass is 243 g/mol. The second-order valence-corrected chi connectivity index (χ2v) is 3.92. The van der Waals surface area contributed by atoms with Crippen molar-refractivity contribution in [1.29, 1.82) is 0 Å². The number of halogens is 3. The predicted octanol–water partition coefficient (Wildman–Crippen LogP) is 2.52. The standard InChI is InChI=1S/C11H12F3N3/c1-7-2-3-8-9(4-7)17-10(16-8)5-15-6-11(12,13)14/h2-4,15H,5-6H2,1H3,(H,16,17). The summed E-state index contributed by atoms with van der Waals surface area (Å²) in [5.74, 6) is 0.509. The highest BCUT2D eigenvalue weighted by Crippen LogP contribution is 2.14. The average molecular weight is 243 g/mol. The van der Waals surface area contributed by atoms with Gasteiger partial charge in [0.05, 0.1) is 24.1 Å². The zero-order chi connectivity index (χ0) is 12.5. The minimum absolute atomic E-state index is 0.0766. The highest BCUT2D eigenvalue weighted by atomic mass is 19.4. The van der Waals surface area contributed by atoms with Crippen molar-refractivity contribution in [2.45, 2.75) is 19.6 Å². The molecule has 6 heteroatoms. The summed E-state index contributed by atoms with van der Waals surface area (Å²) >= 11 is 0. The van der Waals surface area contributed by atoms with Gasteiger partial charge < -0.3 is 10.3 Å². The second-order valence-electron chi connectivity index (χ2n) is 3.92. The first kappa shape index (κ1) is 11.9. The number of H-pyrrole nitrogens is 1. The normalized spacial score (nSPS) is 12.2. The molecule has 0 amide bonds. The predicted molar refractivity (Wildman–Crippen MR) is 58.6 cm³/mol. The summed E-state index contributed by atoms with van der Waals surface area (Å²) in [6.45, 7) is 1.01. The molecule has 0 aliphatic heterocycles. The molecule has 1 heterocycles. The topological polar surface area (TPSA) is 40.7 Å². The third-order valence-corrected chi connectivity index (χ3v) is 2.30. The van der Waals surface area contributed by atoms with E-state index >= 15 is 0 Å². The minimum Gasteiger partial charge on any atom is -0.341 e. The number of imidazole rings is 1. The fraction of sp³-hybridized carbons (Fsp3) is 0.364. The molecule has 0 atom stereocenters. The summed E-state index contributed by atoms with van der Waals surface area (Å²) in [6.07, 6.45) is -4.19. The molecule has 1 aromatic heterocycles. The van der Waals surface area contributed by atoms with E-state index < -0.39 is 12.7 Å². The number of nitrogens with zero attached hydrogens (tertiary/aromatic N) is 1. The van der Waals surface area contributed by atoms with Gasteiger partial charge in [0, 0.05) is 0 Å². The van der Waals surface area contributed by atoms with Crippen molar-refractivity contribution in [3.63, 3.8) is 0 Å².